The molecule has 0 saturated carbocycles. The van der Waals surface area contributed by atoms with Crippen LogP contribution >= 0.6 is 0 Å². The zero-order valence-corrected chi connectivity index (χ0v) is 20.0. The second kappa shape index (κ2) is 8.93. The molecule has 0 radical (unpaired) electrons. The smallest absolute Gasteiger partial charge is 0.339 e. The Balaban J connectivity index is 1.26. The molecular formula is C29H29N3O3. The van der Waals surface area contributed by atoms with E-state index in [0.29, 0.717) is 12.1 Å². The van der Waals surface area contributed by atoms with Gasteiger partial charge in [-0.25, -0.2) is 4.79 Å². The topological polar surface area (TPSA) is 64.4 Å². The van der Waals surface area contributed by atoms with Crippen molar-refractivity contribution in [1.29, 1.82) is 0 Å². The molecule has 2 aliphatic rings. The molecule has 1 aliphatic carbocycles. The molecule has 0 amide bonds. The van der Waals surface area contributed by atoms with E-state index in [4.69, 9.17) is 9.72 Å². The van der Waals surface area contributed by atoms with Crippen LogP contribution in [0.25, 0.3) is 21.8 Å². The molecule has 0 bridgehead atoms. The summed E-state index contributed by atoms with van der Waals surface area (Å²) in [6.45, 7) is 1.63. The number of pyridine rings is 1. The number of hydrogen-bond acceptors (Lipinski definition) is 5. The van der Waals surface area contributed by atoms with Gasteiger partial charge in [0.1, 0.15) is 6.61 Å². The number of carbonyl (C=O) groups excluding carboxylic acids is 2. The summed E-state index contributed by atoms with van der Waals surface area (Å²) < 4.78 is 7.61. The van der Waals surface area contributed by atoms with E-state index in [1.54, 1.807) is 0 Å². The van der Waals surface area contributed by atoms with Gasteiger partial charge in [-0.2, -0.15) is 0 Å². The third-order valence-electron chi connectivity index (χ3n) is 7.42. The van der Waals surface area contributed by atoms with Crippen molar-refractivity contribution in [3.05, 3.63) is 76.6 Å². The minimum absolute atomic E-state index is 0.0153. The third-order valence-corrected chi connectivity index (χ3v) is 7.42. The number of carbonyl (C=O) groups is 2. The fraction of sp³-hybridized carbons (Fsp3) is 0.345. The van der Waals surface area contributed by atoms with Gasteiger partial charge in [-0.05, 0) is 50.4 Å². The number of ether oxygens (including phenoxy) is 1. The Morgan fingerprint density at radius 2 is 1.71 bits per heavy atom. The largest absolute Gasteiger partial charge is 0.462 e. The minimum Gasteiger partial charge on any atom is -0.462 e. The van der Waals surface area contributed by atoms with Gasteiger partial charge >= 0.3 is 5.97 Å². The van der Waals surface area contributed by atoms with Gasteiger partial charge in [0.15, 0.2) is 0 Å². The Morgan fingerprint density at radius 1 is 0.943 bits per heavy atom. The van der Waals surface area contributed by atoms with E-state index >= 15 is 0 Å². The van der Waals surface area contributed by atoms with Crippen LogP contribution in [0.4, 0.5) is 0 Å². The number of likely N-dealkylation sites (N-methyl/N-ethyl adjacent to an activating group) is 1. The molecule has 4 aromatic rings. The molecule has 3 heterocycles. The molecule has 2 aromatic heterocycles. The van der Waals surface area contributed by atoms with Gasteiger partial charge in [-0.15, -0.1) is 0 Å². The van der Waals surface area contributed by atoms with E-state index in [1.807, 2.05) is 54.1 Å². The lowest BCUT2D eigenvalue weighted by molar-refractivity contribution is 0.0489. The summed E-state index contributed by atoms with van der Waals surface area (Å²) in [6.07, 6.45) is 5.15. The SMILES string of the molecule is CN1CCc2nc3ccccc3c(C(=O)OCCC(=O)n3c4c(c5ccccc53)CCCC4)c2C1. The highest BCUT2D eigenvalue weighted by Crippen LogP contribution is 2.32. The number of para-hydroxylation sites is 2. The number of fused-ring (bicyclic) bond motifs is 5. The summed E-state index contributed by atoms with van der Waals surface area (Å²) in [7, 11) is 2.05. The van der Waals surface area contributed by atoms with Crippen LogP contribution in [0.5, 0.6) is 0 Å². The van der Waals surface area contributed by atoms with Crippen LogP contribution in [0.2, 0.25) is 0 Å². The molecule has 6 heteroatoms. The molecule has 0 unspecified atom stereocenters. The summed E-state index contributed by atoms with van der Waals surface area (Å²) >= 11 is 0. The molecule has 0 spiro atoms. The van der Waals surface area contributed by atoms with Gasteiger partial charge in [-0.3, -0.25) is 14.3 Å². The maximum absolute atomic E-state index is 13.4. The molecule has 6 rings (SSSR count). The number of benzene rings is 2. The predicted octanol–water partition coefficient (Wildman–Crippen LogP) is 4.94. The molecule has 0 saturated heterocycles. The highest BCUT2D eigenvalue weighted by atomic mass is 16.5. The number of rotatable bonds is 4. The van der Waals surface area contributed by atoms with Crippen molar-refractivity contribution in [1.82, 2.24) is 14.5 Å². The number of hydrogen-bond donors (Lipinski definition) is 0. The molecule has 1 aliphatic heterocycles. The average Bonchev–Trinajstić information content (AvgIpc) is 3.22. The van der Waals surface area contributed by atoms with Gasteiger partial charge < -0.3 is 9.64 Å². The fourth-order valence-electron chi connectivity index (χ4n) is 5.75. The molecule has 0 N–H and O–H groups in total. The first kappa shape index (κ1) is 22.0. The quantitative estimate of drug-likeness (QED) is 0.398. The Bertz CT molecular complexity index is 1470. The first-order valence-corrected chi connectivity index (χ1v) is 12.5. The van der Waals surface area contributed by atoms with E-state index in [1.165, 1.54) is 10.9 Å². The Kier molecular flexibility index (Phi) is 5.61. The van der Waals surface area contributed by atoms with E-state index in [2.05, 4.69) is 11.0 Å². The van der Waals surface area contributed by atoms with Gasteiger partial charge in [0.05, 0.1) is 23.0 Å². The summed E-state index contributed by atoms with van der Waals surface area (Å²) in [6, 6.07) is 15.9. The zero-order valence-electron chi connectivity index (χ0n) is 20.0. The van der Waals surface area contributed by atoms with Crippen molar-refractivity contribution in [2.75, 3.05) is 20.2 Å². The maximum Gasteiger partial charge on any atom is 0.339 e. The summed E-state index contributed by atoms with van der Waals surface area (Å²) in [5, 5.41) is 1.98. The number of nitrogens with zero attached hydrogens (tertiary/aromatic N) is 3. The highest BCUT2D eigenvalue weighted by Gasteiger charge is 2.26. The fourth-order valence-corrected chi connectivity index (χ4v) is 5.75. The van der Waals surface area contributed by atoms with Crippen molar-refractivity contribution in [2.24, 2.45) is 0 Å². The van der Waals surface area contributed by atoms with E-state index < -0.39 is 0 Å². The Morgan fingerprint density at radius 3 is 2.60 bits per heavy atom. The Labute approximate surface area is 204 Å². The van der Waals surface area contributed by atoms with Gasteiger partial charge in [0.2, 0.25) is 5.91 Å². The number of esters is 1. The van der Waals surface area contributed by atoms with Crippen LogP contribution in [-0.4, -0.2) is 46.5 Å². The van der Waals surface area contributed by atoms with Crippen LogP contribution in [0.1, 0.15) is 56.9 Å². The molecule has 0 fully saturated rings. The minimum atomic E-state index is -0.373. The van der Waals surface area contributed by atoms with Crippen molar-refractivity contribution in [3.8, 4) is 0 Å². The van der Waals surface area contributed by atoms with Crippen molar-refractivity contribution < 1.29 is 14.3 Å². The lowest BCUT2D eigenvalue weighted by Gasteiger charge is -2.26. The van der Waals surface area contributed by atoms with E-state index in [9.17, 15) is 9.59 Å². The van der Waals surface area contributed by atoms with E-state index in [-0.39, 0.29) is 24.9 Å². The molecule has 0 atom stereocenters. The average molecular weight is 468 g/mol. The second-order valence-electron chi connectivity index (χ2n) is 9.68. The molecule has 6 nitrogen and oxygen atoms in total. The summed E-state index contributed by atoms with van der Waals surface area (Å²) in [4.78, 5) is 33.7. The highest BCUT2D eigenvalue weighted by molar-refractivity contribution is 6.05. The van der Waals surface area contributed by atoms with Crippen molar-refractivity contribution >= 4 is 33.7 Å². The van der Waals surface area contributed by atoms with Crippen LogP contribution in [-0.2, 0) is 30.5 Å². The summed E-state index contributed by atoms with van der Waals surface area (Å²) in [5.74, 6) is -0.388. The lowest BCUT2D eigenvalue weighted by atomic mass is 9.95. The standard InChI is InChI=1S/C29H29N3O3/c1-31-16-14-24-22(18-31)28(21-10-2-5-11-23(21)30-24)29(34)35-17-15-27(33)32-25-12-6-3-8-19(25)20-9-4-7-13-26(20)32/h2-3,5-6,8,10-12H,4,7,9,13-18H2,1H3. The normalized spacial score (nSPS) is 15.7. The maximum atomic E-state index is 13.4. The first-order valence-electron chi connectivity index (χ1n) is 12.5. The second-order valence-corrected chi connectivity index (χ2v) is 9.68. The van der Waals surface area contributed by atoms with Gasteiger partial charge in [0.25, 0.3) is 0 Å². The molecule has 35 heavy (non-hydrogen) atoms. The number of aromatic nitrogens is 2. The lowest BCUT2D eigenvalue weighted by Crippen LogP contribution is -2.29. The van der Waals surface area contributed by atoms with E-state index in [0.717, 1.165) is 72.0 Å². The van der Waals surface area contributed by atoms with Crippen LogP contribution in [0.3, 0.4) is 0 Å². The molecule has 2 aromatic carbocycles. The van der Waals surface area contributed by atoms with Gasteiger partial charge in [-0.1, -0.05) is 36.4 Å². The van der Waals surface area contributed by atoms with Crippen LogP contribution in [0, 0.1) is 0 Å². The molecule has 178 valence electrons. The monoisotopic (exact) mass is 467 g/mol. The van der Waals surface area contributed by atoms with Crippen LogP contribution in [0.15, 0.2) is 48.5 Å². The zero-order chi connectivity index (χ0) is 23.9. The summed E-state index contributed by atoms with van der Waals surface area (Å²) in [5.41, 5.74) is 6.71. The third kappa shape index (κ3) is 3.82. The van der Waals surface area contributed by atoms with Crippen molar-refractivity contribution in [2.45, 2.75) is 45.1 Å². The van der Waals surface area contributed by atoms with Gasteiger partial charge in [0, 0.05) is 47.2 Å². The number of aryl methyl sites for hydroxylation is 1. The van der Waals surface area contributed by atoms with Crippen LogP contribution < -0.4 is 0 Å². The predicted molar refractivity (Wildman–Crippen MR) is 136 cm³/mol. The first-order chi connectivity index (χ1) is 17.1. The molecular weight excluding hydrogens is 438 g/mol. The van der Waals surface area contributed by atoms with Crippen molar-refractivity contribution in [3.63, 3.8) is 0 Å². The Hall–Kier alpha value is -3.51.